The lowest BCUT2D eigenvalue weighted by Crippen LogP contribution is -2.26. The quantitative estimate of drug-likeness (QED) is 0.391. The maximum Gasteiger partial charge on any atom is 0.343 e. The second-order valence-electron chi connectivity index (χ2n) is 7.02. The molecule has 0 fully saturated rings. The fraction of sp³-hybridized carbons (Fsp3) is 0.208. The zero-order chi connectivity index (χ0) is 19.3. The van der Waals surface area contributed by atoms with Gasteiger partial charge in [-0.05, 0) is 67.8 Å². The van der Waals surface area contributed by atoms with Gasteiger partial charge in [-0.15, -0.1) is 0 Å². The number of hydrogen-bond acceptors (Lipinski definition) is 3. The van der Waals surface area contributed by atoms with Crippen molar-refractivity contribution in [1.29, 1.82) is 0 Å². The number of benzene rings is 3. The Labute approximate surface area is 160 Å². The first-order chi connectivity index (χ1) is 13.0. The molecule has 0 amide bonds. The third-order valence-electron chi connectivity index (χ3n) is 4.51. The molecule has 27 heavy (non-hydrogen) atoms. The van der Waals surface area contributed by atoms with Gasteiger partial charge in [0.1, 0.15) is 17.1 Å². The lowest BCUT2D eigenvalue weighted by atomic mass is 10.0. The largest absolute Gasteiger partial charge is 0.488 e. The summed E-state index contributed by atoms with van der Waals surface area (Å²) >= 11 is 0. The van der Waals surface area contributed by atoms with E-state index in [1.54, 1.807) is 24.3 Å². The molecule has 3 aromatic carbocycles. The average molecular weight is 360 g/mol. The fourth-order valence-electron chi connectivity index (χ4n) is 2.56. The molecule has 0 heterocycles. The Morgan fingerprint density at radius 2 is 1.30 bits per heavy atom. The summed E-state index contributed by atoms with van der Waals surface area (Å²) in [6.07, 6.45) is 0.942. The Kier molecular flexibility index (Phi) is 5.60. The van der Waals surface area contributed by atoms with Crippen LogP contribution in [0.3, 0.4) is 0 Å². The van der Waals surface area contributed by atoms with Crippen LogP contribution in [0.15, 0.2) is 78.9 Å². The predicted molar refractivity (Wildman–Crippen MR) is 108 cm³/mol. The first kappa shape index (κ1) is 18.7. The van der Waals surface area contributed by atoms with Crippen LogP contribution >= 0.6 is 0 Å². The van der Waals surface area contributed by atoms with Crippen molar-refractivity contribution in [2.45, 2.75) is 32.8 Å². The van der Waals surface area contributed by atoms with Crippen LogP contribution < -0.4 is 9.47 Å². The number of ether oxygens (including phenoxy) is 2. The van der Waals surface area contributed by atoms with Crippen LogP contribution in [-0.4, -0.2) is 11.6 Å². The highest BCUT2D eigenvalue weighted by Gasteiger charge is 2.16. The molecule has 3 nitrogen and oxygen atoms in total. The van der Waals surface area contributed by atoms with Crippen LogP contribution in [0.25, 0.3) is 11.1 Å². The Morgan fingerprint density at radius 3 is 1.81 bits per heavy atom. The summed E-state index contributed by atoms with van der Waals surface area (Å²) in [7, 11) is 0. The van der Waals surface area contributed by atoms with Gasteiger partial charge < -0.3 is 9.47 Å². The zero-order valence-electron chi connectivity index (χ0n) is 15.9. The van der Waals surface area contributed by atoms with E-state index in [-0.39, 0.29) is 11.6 Å². The molecule has 3 aromatic rings. The number of carbonyl (C=O) groups is 1. The molecule has 138 valence electrons. The summed E-state index contributed by atoms with van der Waals surface area (Å²) in [5.41, 5.74) is 2.49. The summed E-state index contributed by atoms with van der Waals surface area (Å²) in [4.78, 5) is 12.1. The van der Waals surface area contributed by atoms with Crippen molar-refractivity contribution in [1.82, 2.24) is 0 Å². The van der Waals surface area contributed by atoms with E-state index in [0.717, 1.165) is 23.3 Å². The second-order valence-corrected chi connectivity index (χ2v) is 7.02. The van der Waals surface area contributed by atoms with Gasteiger partial charge in [-0.2, -0.15) is 0 Å². The zero-order valence-corrected chi connectivity index (χ0v) is 15.9. The second kappa shape index (κ2) is 8.09. The highest BCUT2D eigenvalue weighted by molar-refractivity contribution is 5.91. The molecule has 0 spiro atoms. The maximum atomic E-state index is 12.1. The minimum atomic E-state index is -0.358. The van der Waals surface area contributed by atoms with Gasteiger partial charge in [-0.25, -0.2) is 4.79 Å². The molecular weight excluding hydrogens is 336 g/mol. The fourth-order valence-corrected chi connectivity index (χ4v) is 2.56. The van der Waals surface area contributed by atoms with Gasteiger partial charge in [0.15, 0.2) is 0 Å². The number of carbonyl (C=O) groups excluding carboxylic acids is 1. The van der Waals surface area contributed by atoms with Crippen molar-refractivity contribution in [3.05, 3.63) is 84.4 Å². The molecule has 0 aliphatic heterocycles. The molecule has 0 unspecified atom stereocenters. The highest BCUT2D eigenvalue weighted by Crippen LogP contribution is 2.27. The van der Waals surface area contributed by atoms with Crippen molar-refractivity contribution in [2.75, 3.05) is 0 Å². The molecule has 0 atom stereocenters. The molecule has 0 aliphatic rings. The van der Waals surface area contributed by atoms with Crippen molar-refractivity contribution < 1.29 is 14.3 Å². The lowest BCUT2D eigenvalue weighted by molar-refractivity contribution is 0.0734. The normalized spacial score (nSPS) is 11.1. The van der Waals surface area contributed by atoms with Crippen molar-refractivity contribution in [3.8, 4) is 22.6 Å². The van der Waals surface area contributed by atoms with Gasteiger partial charge in [0.25, 0.3) is 0 Å². The first-order valence-electron chi connectivity index (χ1n) is 9.13. The topological polar surface area (TPSA) is 35.5 Å². The van der Waals surface area contributed by atoms with Crippen LogP contribution in [0.1, 0.15) is 37.6 Å². The predicted octanol–water partition coefficient (Wildman–Crippen LogP) is 6.14. The van der Waals surface area contributed by atoms with E-state index >= 15 is 0 Å². The van der Waals surface area contributed by atoms with Crippen LogP contribution in [0, 0.1) is 0 Å². The molecule has 3 rings (SSSR count). The van der Waals surface area contributed by atoms with E-state index in [1.165, 1.54) is 0 Å². The Hall–Kier alpha value is -3.07. The van der Waals surface area contributed by atoms with E-state index in [0.29, 0.717) is 11.3 Å². The van der Waals surface area contributed by atoms with Gasteiger partial charge in [0.2, 0.25) is 0 Å². The summed E-state index contributed by atoms with van der Waals surface area (Å²) in [5, 5.41) is 0. The third-order valence-corrected chi connectivity index (χ3v) is 4.51. The molecule has 0 aliphatic carbocycles. The number of rotatable bonds is 6. The molecule has 0 radical (unpaired) electrons. The van der Waals surface area contributed by atoms with E-state index in [4.69, 9.17) is 9.47 Å². The summed E-state index contributed by atoms with van der Waals surface area (Å²) in [6, 6.07) is 24.5. The van der Waals surface area contributed by atoms with E-state index in [9.17, 15) is 4.79 Å². The van der Waals surface area contributed by atoms with Crippen LogP contribution in [-0.2, 0) is 0 Å². The lowest BCUT2D eigenvalue weighted by Gasteiger charge is -2.24. The minimum Gasteiger partial charge on any atom is -0.488 e. The third kappa shape index (κ3) is 4.98. The molecule has 0 N–H and O–H groups in total. The van der Waals surface area contributed by atoms with E-state index in [1.807, 2.05) is 54.6 Å². The average Bonchev–Trinajstić information content (AvgIpc) is 2.70. The minimum absolute atomic E-state index is 0.175. The van der Waals surface area contributed by atoms with Crippen molar-refractivity contribution in [3.63, 3.8) is 0 Å². The van der Waals surface area contributed by atoms with E-state index < -0.39 is 0 Å². The van der Waals surface area contributed by atoms with Gasteiger partial charge in [0.05, 0.1) is 5.56 Å². The summed E-state index contributed by atoms with van der Waals surface area (Å²) in [6.45, 7) is 6.27. The Balaban J connectivity index is 1.67. The molecular formula is C24H24O3. The first-order valence-corrected chi connectivity index (χ1v) is 9.13. The molecule has 0 bridgehead atoms. The van der Waals surface area contributed by atoms with Gasteiger partial charge in [0, 0.05) is 0 Å². The van der Waals surface area contributed by atoms with Crippen LogP contribution in [0.4, 0.5) is 0 Å². The SMILES string of the molecule is CCC(C)(C)Oc1ccc(-c2ccc(OC(=O)c3ccccc3)cc2)cc1. The number of esters is 1. The number of hydrogen-bond donors (Lipinski definition) is 0. The van der Waals surface area contributed by atoms with Crippen molar-refractivity contribution >= 4 is 5.97 Å². The highest BCUT2D eigenvalue weighted by atomic mass is 16.5. The standard InChI is InChI=1S/C24H24O3/c1-4-24(2,3)27-22-16-12-19(13-17-22)18-10-14-21(15-11-18)26-23(25)20-8-6-5-7-9-20/h5-17H,4H2,1-3H3. The smallest absolute Gasteiger partial charge is 0.343 e. The van der Waals surface area contributed by atoms with E-state index in [2.05, 4.69) is 20.8 Å². The molecule has 0 saturated carbocycles. The van der Waals surface area contributed by atoms with Crippen LogP contribution in [0.2, 0.25) is 0 Å². The summed E-state index contributed by atoms with van der Waals surface area (Å²) in [5.74, 6) is 1.03. The monoisotopic (exact) mass is 360 g/mol. The van der Waals surface area contributed by atoms with Gasteiger partial charge in [-0.3, -0.25) is 0 Å². The molecule has 0 saturated heterocycles. The molecule has 3 heteroatoms. The van der Waals surface area contributed by atoms with Crippen molar-refractivity contribution in [2.24, 2.45) is 0 Å². The Morgan fingerprint density at radius 1 is 0.778 bits per heavy atom. The van der Waals surface area contributed by atoms with Gasteiger partial charge >= 0.3 is 5.97 Å². The van der Waals surface area contributed by atoms with Crippen LogP contribution in [0.5, 0.6) is 11.5 Å². The van der Waals surface area contributed by atoms with Gasteiger partial charge in [-0.1, -0.05) is 49.4 Å². The maximum absolute atomic E-state index is 12.1. The molecule has 0 aromatic heterocycles. The summed E-state index contributed by atoms with van der Waals surface area (Å²) < 4.78 is 11.4. The Bertz CT molecular complexity index is 879.